The number of ether oxygens (including phenoxy) is 1. The Morgan fingerprint density at radius 2 is 1.75 bits per heavy atom. The van der Waals surface area contributed by atoms with Crippen molar-refractivity contribution in [2.45, 2.75) is 90.8 Å². The number of hydrogen-bond acceptors (Lipinski definition) is 6. The topological polar surface area (TPSA) is 103 Å². The molecule has 2 amide bonds. The first-order valence-electron chi connectivity index (χ1n) is 12.4. The smallest absolute Gasteiger partial charge is 0.332 e. The number of benzene rings is 1. The summed E-state index contributed by atoms with van der Waals surface area (Å²) in [6, 6.07) is 6.68. The number of thiazole rings is 1. The average molecular weight is 514 g/mol. The molecule has 1 aromatic heterocycles. The maximum Gasteiger partial charge on any atom is 0.332 e. The van der Waals surface area contributed by atoms with Gasteiger partial charge in [-0.25, -0.2) is 9.78 Å². The van der Waals surface area contributed by atoms with Gasteiger partial charge in [0, 0.05) is 17.1 Å². The standard InChI is InChI=1S/C28H39N3O4S/c1-17(2)15-28(25(34)35-27(6,7)8)16-20(22(29)32)21(23-30-13-14-36-23)31(28)24(33)18-9-11-19(12-10-18)26(3,4)5/h9-14,17,20-21H,15-16H2,1-8H3,(H2,29,32)/t20-,21+,28?/m0/s1. The monoisotopic (exact) mass is 513 g/mol. The third-order valence-corrected chi connectivity index (χ3v) is 7.34. The molecule has 0 radical (unpaired) electrons. The number of nitrogens with two attached hydrogens (primary N) is 1. The molecular weight excluding hydrogens is 474 g/mol. The molecule has 1 aliphatic rings. The van der Waals surface area contributed by atoms with Gasteiger partial charge in [0.2, 0.25) is 5.91 Å². The van der Waals surface area contributed by atoms with Crippen LogP contribution in [0.25, 0.3) is 0 Å². The zero-order chi connectivity index (χ0) is 27.1. The van der Waals surface area contributed by atoms with Gasteiger partial charge in [-0.1, -0.05) is 46.8 Å². The number of rotatable bonds is 6. The van der Waals surface area contributed by atoms with Gasteiger partial charge in [-0.2, -0.15) is 0 Å². The van der Waals surface area contributed by atoms with E-state index in [4.69, 9.17) is 10.5 Å². The molecule has 3 rings (SSSR count). The van der Waals surface area contributed by atoms with Crippen molar-refractivity contribution in [3.63, 3.8) is 0 Å². The Kier molecular flexibility index (Phi) is 7.70. The lowest BCUT2D eigenvalue weighted by atomic mass is 9.83. The van der Waals surface area contributed by atoms with Crippen LogP contribution in [-0.4, -0.2) is 38.8 Å². The van der Waals surface area contributed by atoms with Crippen LogP contribution < -0.4 is 5.73 Å². The molecule has 7 nitrogen and oxygen atoms in total. The number of primary amides is 1. The fourth-order valence-corrected chi connectivity index (χ4v) is 5.80. The first-order chi connectivity index (χ1) is 16.6. The summed E-state index contributed by atoms with van der Waals surface area (Å²) < 4.78 is 5.90. The second kappa shape index (κ2) is 9.96. The highest BCUT2D eigenvalue weighted by Gasteiger charge is 2.62. The highest BCUT2D eigenvalue weighted by Crippen LogP contribution is 2.51. The third kappa shape index (κ3) is 5.64. The van der Waals surface area contributed by atoms with Crippen molar-refractivity contribution in [2.24, 2.45) is 17.6 Å². The van der Waals surface area contributed by atoms with Gasteiger partial charge in [0.15, 0.2) is 0 Å². The van der Waals surface area contributed by atoms with Crippen molar-refractivity contribution in [3.8, 4) is 0 Å². The number of carbonyl (C=O) groups is 3. The average Bonchev–Trinajstić information content (AvgIpc) is 3.37. The minimum absolute atomic E-state index is 0.0413. The molecule has 3 atom stereocenters. The summed E-state index contributed by atoms with van der Waals surface area (Å²) in [6.07, 6.45) is 2.06. The van der Waals surface area contributed by atoms with E-state index in [0.717, 1.165) is 5.56 Å². The van der Waals surface area contributed by atoms with E-state index in [1.54, 1.807) is 49.4 Å². The van der Waals surface area contributed by atoms with Crippen molar-refractivity contribution < 1.29 is 19.1 Å². The number of carbonyl (C=O) groups excluding carboxylic acids is 3. The van der Waals surface area contributed by atoms with Gasteiger partial charge in [-0.15, -0.1) is 11.3 Å². The summed E-state index contributed by atoms with van der Waals surface area (Å²) >= 11 is 1.34. The zero-order valence-corrected chi connectivity index (χ0v) is 23.4. The predicted molar refractivity (Wildman–Crippen MR) is 141 cm³/mol. The Labute approximate surface area is 218 Å². The van der Waals surface area contributed by atoms with E-state index in [-0.39, 0.29) is 23.7 Å². The summed E-state index contributed by atoms with van der Waals surface area (Å²) in [6.45, 7) is 15.7. The molecule has 1 saturated heterocycles. The molecule has 0 spiro atoms. The number of aromatic nitrogens is 1. The Morgan fingerprint density at radius 1 is 1.14 bits per heavy atom. The van der Waals surface area contributed by atoms with Crippen LogP contribution in [0.5, 0.6) is 0 Å². The predicted octanol–water partition coefficient (Wildman–Crippen LogP) is 5.26. The van der Waals surface area contributed by atoms with Crippen molar-refractivity contribution in [3.05, 3.63) is 52.0 Å². The van der Waals surface area contributed by atoms with Crippen molar-refractivity contribution in [1.29, 1.82) is 0 Å². The number of amides is 2. The maximum absolute atomic E-state index is 14.3. The minimum Gasteiger partial charge on any atom is -0.458 e. The number of likely N-dealkylation sites (tertiary alicyclic amines) is 1. The summed E-state index contributed by atoms with van der Waals surface area (Å²) in [5.41, 5.74) is 5.21. The molecule has 1 fully saturated rings. The molecule has 0 saturated carbocycles. The highest BCUT2D eigenvalue weighted by atomic mass is 32.1. The van der Waals surface area contributed by atoms with Gasteiger partial charge < -0.3 is 15.4 Å². The van der Waals surface area contributed by atoms with E-state index < -0.39 is 35.0 Å². The van der Waals surface area contributed by atoms with Crippen LogP contribution >= 0.6 is 11.3 Å². The zero-order valence-electron chi connectivity index (χ0n) is 22.6. The van der Waals surface area contributed by atoms with Gasteiger partial charge in [0.1, 0.15) is 16.1 Å². The lowest BCUT2D eigenvalue weighted by Crippen LogP contribution is -2.56. The van der Waals surface area contributed by atoms with E-state index in [1.807, 2.05) is 26.0 Å². The van der Waals surface area contributed by atoms with Crippen LogP contribution in [0.15, 0.2) is 35.8 Å². The molecule has 2 heterocycles. The molecule has 196 valence electrons. The van der Waals surface area contributed by atoms with Crippen LogP contribution in [0.4, 0.5) is 0 Å². The van der Waals surface area contributed by atoms with E-state index in [2.05, 4.69) is 25.8 Å². The van der Waals surface area contributed by atoms with E-state index in [9.17, 15) is 14.4 Å². The fraction of sp³-hybridized carbons (Fsp3) is 0.571. The molecule has 1 aliphatic heterocycles. The Hall–Kier alpha value is -2.74. The molecule has 8 heteroatoms. The highest BCUT2D eigenvalue weighted by molar-refractivity contribution is 7.09. The van der Waals surface area contributed by atoms with Gasteiger partial charge >= 0.3 is 5.97 Å². The maximum atomic E-state index is 14.3. The Morgan fingerprint density at radius 3 is 2.19 bits per heavy atom. The molecule has 1 unspecified atom stereocenters. The fourth-order valence-electron chi connectivity index (χ4n) is 5.01. The Bertz CT molecular complexity index is 1100. The number of hydrogen-bond donors (Lipinski definition) is 1. The van der Waals surface area contributed by atoms with Gasteiger partial charge in [-0.3, -0.25) is 9.59 Å². The summed E-state index contributed by atoms with van der Waals surface area (Å²) in [5.74, 6) is -2.16. The number of esters is 1. The van der Waals surface area contributed by atoms with Crippen LogP contribution in [0.1, 0.15) is 95.2 Å². The summed E-state index contributed by atoms with van der Waals surface area (Å²) in [5, 5.41) is 2.37. The third-order valence-electron chi connectivity index (χ3n) is 6.49. The second-order valence-electron chi connectivity index (χ2n) is 12.2. The molecule has 0 bridgehead atoms. The van der Waals surface area contributed by atoms with Crippen LogP contribution in [-0.2, 0) is 19.7 Å². The molecule has 36 heavy (non-hydrogen) atoms. The second-order valence-corrected chi connectivity index (χ2v) is 13.1. The quantitative estimate of drug-likeness (QED) is 0.531. The van der Waals surface area contributed by atoms with E-state index >= 15 is 0 Å². The largest absolute Gasteiger partial charge is 0.458 e. The lowest BCUT2D eigenvalue weighted by Gasteiger charge is -2.41. The molecular formula is C28H39N3O4S. The first kappa shape index (κ1) is 27.8. The van der Waals surface area contributed by atoms with Gasteiger partial charge in [0.05, 0.1) is 12.0 Å². The first-order valence-corrected chi connectivity index (χ1v) is 13.3. The van der Waals surface area contributed by atoms with Crippen LogP contribution in [0.2, 0.25) is 0 Å². The molecule has 1 aromatic carbocycles. The van der Waals surface area contributed by atoms with Crippen molar-refractivity contribution in [1.82, 2.24) is 9.88 Å². The molecule has 0 aliphatic carbocycles. The summed E-state index contributed by atoms with van der Waals surface area (Å²) in [7, 11) is 0. The minimum atomic E-state index is -1.36. The molecule has 2 N–H and O–H groups in total. The van der Waals surface area contributed by atoms with Gasteiger partial charge in [0.25, 0.3) is 5.91 Å². The van der Waals surface area contributed by atoms with Crippen molar-refractivity contribution in [2.75, 3.05) is 0 Å². The lowest BCUT2D eigenvalue weighted by molar-refractivity contribution is -0.168. The van der Waals surface area contributed by atoms with Crippen LogP contribution in [0, 0.1) is 11.8 Å². The van der Waals surface area contributed by atoms with E-state index in [1.165, 1.54) is 11.3 Å². The van der Waals surface area contributed by atoms with Crippen molar-refractivity contribution >= 4 is 29.1 Å². The van der Waals surface area contributed by atoms with Gasteiger partial charge in [-0.05, 0) is 62.6 Å². The number of nitrogens with zero attached hydrogens (tertiary/aromatic N) is 2. The van der Waals surface area contributed by atoms with Crippen LogP contribution in [0.3, 0.4) is 0 Å². The summed E-state index contributed by atoms with van der Waals surface area (Å²) in [4.78, 5) is 47.0. The SMILES string of the molecule is CC(C)CC1(C(=O)OC(C)(C)C)C[C@H](C(N)=O)[C@H](c2nccs2)N1C(=O)c1ccc(C(C)(C)C)cc1. The van der Waals surface area contributed by atoms with E-state index in [0.29, 0.717) is 17.0 Å². The normalized spacial score (nSPS) is 22.6. The molecule has 2 aromatic rings. The Balaban J connectivity index is 2.23.